The number of hydrogen-bond donors (Lipinski definition) is 0. The number of nitrogens with two attached hydrogens (primary N) is 2. The van der Waals surface area contributed by atoms with Crippen LogP contribution in [0.2, 0.25) is 13.1 Å². The second-order valence-corrected chi connectivity index (χ2v) is 32.8. The van der Waals surface area contributed by atoms with Gasteiger partial charge in [0, 0.05) is 0 Å². The van der Waals surface area contributed by atoms with E-state index < -0.39 is 25.4 Å². The van der Waals surface area contributed by atoms with Gasteiger partial charge in [-0.3, -0.25) is 0 Å². The summed E-state index contributed by atoms with van der Waals surface area (Å²) in [5, 5.41) is 0. The van der Waals surface area contributed by atoms with Crippen LogP contribution in [-0.4, -0.2) is 5.92 Å². The van der Waals surface area contributed by atoms with Crippen LogP contribution in [0.1, 0.15) is 47.5 Å². The van der Waals surface area contributed by atoms with Gasteiger partial charge in [0.2, 0.25) is 0 Å². The zero-order valence-corrected chi connectivity index (χ0v) is 21.2. The van der Waals surface area contributed by atoms with Crippen LogP contribution in [0.3, 0.4) is 0 Å². The molecule has 0 saturated heterocycles. The summed E-state index contributed by atoms with van der Waals surface area (Å²) in [6, 6.07) is 0. The fourth-order valence-electron chi connectivity index (χ4n) is 5.42. The fourth-order valence-corrected chi connectivity index (χ4v) is 39.9. The first-order valence-corrected chi connectivity index (χ1v) is 20.2. The molecule has 0 radical (unpaired) electrons. The molecule has 0 heterocycles. The summed E-state index contributed by atoms with van der Waals surface area (Å²) in [4.78, 5) is 0. The van der Waals surface area contributed by atoms with Crippen LogP contribution in [0, 0.1) is 5.41 Å². The van der Waals surface area contributed by atoms with E-state index in [1.165, 1.54) is 12.8 Å². The summed E-state index contributed by atoms with van der Waals surface area (Å²) in [6.07, 6.45) is 16.9. The smallest absolute Gasteiger partial charge is 0.693 e. The third kappa shape index (κ3) is 3.13. The minimum Gasteiger partial charge on any atom is -0.693 e. The Kier molecular flexibility index (Phi) is 7.43. The molecule has 3 rings (SSSR count). The maximum atomic E-state index is 2.65. The number of allylic oxidation sites excluding steroid dienone is 12. The minimum absolute atomic E-state index is 0. The van der Waals surface area contributed by atoms with Crippen molar-refractivity contribution in [3.63, 3.8) is 0 Å². The number of hydrogen-bond acceptors (Lipinski definition) is 0. The van der Waals surface area contributed by atoms with Crippen molar-refractivity contribution in [1.82, 2.24) is 0 Å². The molecule has 2 nitrogen and oxygen atoms in total. The molecule has 0 bridgehead atoms. The van der Waals surface area contributed by atoms with Crippen LogP contribution >= 0.6 is 0 Å². The Morgan fingerprint density at radius 2 is 1.31 bits per heavy atom. The summed E-state index contributed by atoms with van der Waals surface area (Å²) in [5.41, 5.74) is 5.08. The van der Waals surface area contributed by atoms with E-state index in [-0.39, 0.29) is 17.7 Å². The van der Waals surface area contributed by atoms with Crippen molar-refractivity contribution in [3.8, 4) is 0 Å². The number of rotatable bonds is 4. The van der Waals surface area contributed by atoms with Crippen LogP contribution in [0.4, 0.5) is 0 Å². The van der Waals surface area contributed by atoms with Crippen LogP contribution in [-0.2, 0) is 19.4 Å². The zero-order valence-electron chi connectivity index (χ0n) is 17.6. The summed E-state index contributed by atoms with van der Waals surface area (Å²) in [6.45, 7) is 17.5. The van der Waals surface area contributed by atoms with E-state index in [9.17, 15) is 0 Å². The third-order valence-corrected chi connectivity index (χ3v) is 38.7. The molecule has 142 valence electrons. The van der Waals surface area contributed by atoms with Crippen molar-refractivity contribution in [2.75, 3.05) is 0 Å². The van der Waals surface area contributed by atoms with Gasteiger partial charge in [-0.2, -0.15) is 0 Å². The van der Waals surface area contributed by atoms with Gasteiger partial charge in [-0.15, -0.1) is 0 Å². The molecular weight excluding hydrogens is 412 g/mol. The molecule has 0 atom stereocenters. The molecule has 0 aromatic carbocycles. The monoisotopic (exact) mass is 446 g/mol. The molecule has 3 aliphatic carbocycles. The van der Waals surface area contributed by atoms with E-state index in [1.54, 1.807) is 16.7 Å². The van der Waals surface area contributed by atoms with Crippen LogP contribution in [0.25, 0.3) is 12.3 Å². The first kappa shape index (κ1) is 23.5. The van der Waals surface area contributed by atoms with Gasteiger partial charge in [0.1, 0.15) is 0 Å². The predicted molar refractivity (Wildman–Crippen MR) is 118 cm³/mol. The van der Waals surface area contributed by atoms with Gasteiger partial charge in [-0.25, -0.2) is 0 Å². The second kappa shape index (κ2) is 8.22. The molecule has 0 spiro atoms. The van der Waals surface area contributed by atoms with Gasteiger partial charge in [-0.05, 0) is 0 Å². The van der Waals surface area contributed by atoms with Gasteiger partial charge >= 0.3 is 154 Å². The average molecular weight is 448 g/mol. The fraction of sp³-hybridized carbons (Fsp3) is 0.455. The van der Waals surface area contributed by atoms with Gasteiger partial charge in [0.15, 0.2) is 0 Å². The Morgan fingerprint density at radius 3 is 1.58 bits per heavy atom. The molecule has 3 aliphatic rings. The van der Waals surface area contributed by atoms with Gasteiger partial charge < -0.3 is 12.3 Å². The Labute approximate surface area is 166 Å². The maximum Gasteiger partial charge on any atom is -0.693 e. The average Bonchev–Trinajstić information content (AvgIpc) is 3.24. The summed E-state index contributed by atoms with van der Waals surface area (Å²) >= 11 is -2.79. The second-order valence-electron chi connectivity index (χ2n) is 8.49. The van der Waals surface area contributed by atoms with Crippen molar-refractivity contribution >= 4 is 5.92 Å². The van der Waals surface area contributed by atoms with Crippen molar-refractivity contribution < 1.29 is 19.4 Å². The molecule has 0 aliphatic heterocycles. The van der Waals surface area contributed by atoms with E-state index in [1.807, 2.05) is 9.84 Å². The zero-order chi connectivity index (χ0) is 17.7. The molecule has 4 N–H and O–H groups in total. The summed E-state index contributed by atoms with van der Waals surface area (Å²) in [7, 11) is 0. The molecule has 0 amide bonds. The first-order chi connectivity index (χ1) is 11.3. The normalized spacial score (nSPS) is 20.6. The standard InChI is InChI=1S/C10H15.2C5H5.C2H7Si.2H2N.Zr/c1-7-6-10(4,5)9(3)8(7)2;2*1-2-4-5-3-1;1-3-2;;;/h1-5H3;2*1-3H,4H2;3H,1-2H3;2*1H2;/q;;;;2*-1;+2. The molecule has 0 saturated carbocycles. The van der Waals surface area contributed by atoms with E-state index in [2.05, 4.69) is 84.2 Å². The Hall–Kier alpha value is -0.540. The third-order valence-electron chi connectivity index (χ3n) is 6.88. The molecule has 0 aromatic rings. The Morgan fingerprint density at radius 1 is 0.846 bits per heavy atom. The van der Waals surface area contributed by atoms with Gasteiger partial charge in [0.25, 0.3) is 0 Å². The summed E-state index contributed by atoms with van der Waals surface area (Å²) < 4.78 is 5.62. The van der Waals surface area contributed by atoms with Crippen molar-refractivity contribution in [2.24, 2.45) is 5.41 Å². The summed E-state index contributed by atoms with van der Waals surface area (Å²) in [5.74, 6) is -0.847. The van der Waals surface area contributed by atoms with Gasteiger partial charge in [-0.1, -0.05) is 0 Å². The van der Waals surface area contributed by atoms with Crippen molar-refractivity contribution in [3.05, 3.63) is 75.3 Å². The minimum atomic E-state index is -2.79. The van der Waals surface area contributed by atoms with Crippen molar-refractivity contribution in [2.45, 2.75) is 60.6 Å². The van der Waals surface area contributed by atoms with Crippen LogP contribution in [0.15, 0.2) is 63.0 Å². The molecule has 0 aromatic heterocycles. The molecular formula is C22H36N2SiZr. The molecule has 0 fully saturated rings. The Bertz CT molecular complexity index is 731. The van der Waals surface area contributed by atoms with Crippen molar-refractivity contribution in [1.29, 1.82) is 0 Å². The molecule has 26 heavy (non-hydrogen) atoms. The van der Waals surface area contributed by atoms with E-state index in [0.29, 0.717) is 0 Å². The first-order valence-electron chi connectivity index (χ1n) is 9.38. The SMILES string of the molecule is CC1=C(C)C(C)(C)[C]([Zr+2]([C]2=CC=CC2)([C]2=CC=CC2)[SiH](C)C)=C1C.[NH2-].[NH2-]. The largest absolute Gasteiger partial charge is 0.693 e. The van der Waals surface area contributed by atoms with Crippen LogP contribution in [0.5, 0.6) is 0 Å². The van der Waals surface area contributed by atoms with E-state index >= 15 is 0 Å². The topological polar surface area (TPSA) is 67.0 Å². The Balaban J connectivity index is 0.00000169. The molecule has 0 unspecified atom stereocenters. The quantitative estimate of drug-likeness (QED) is 0.393. The molecule has 4 heteroatoms. The predicted octanol–water partition coefficient (Wildman–Crippen LogP) is 7.90. The van der Waals surface area contributed by atoms with E-state index in [4.69, 9.17) is 0 Å². The van der Waals surface area contributed by atoms with E-state index in [0.717, 1.165) is 0 Å². The maximum absolute atomic E-state index is 2.79. The van der Waals surface area contributed by atoms with Crippen LogP contribution < -0.4 is 0 Å². The van der Waals surface area contributed by atoms with Gasteiger partial charge in [0.05, 0.1) is 0 Å².